The molecule has 0 aliphatic heterocycles. The fourth-order valence-corrected chi connectivity index (χ4v) is 2.94. The van der Waals surface area contributed by atoms with Gasteiger partial charge in [-0.2, -0.15) is 13.2 Å². The largest absolute Gasteiger partial charge is 0.427 e. The van der Waals surface area contributed by atoms with E-state index in [-0.39, 0.29) is 17.2 Å². The molecule has 0 atom stereocenters. The molecule has 3 aromatic rings. The number of rotatable bonds is 5. The van der Waals surface area contributed by atoms with E-state index in [1.165, 1.54) is 18.2 Å². The maximum absolute atomic E-state index is 13.2. The molecule has 1 amide bonds. The van der Waals surface area contributed by atoms with E-state index >= 15 is 0 Å². The number of amides is 1. The van der Waals surface area contributed by atoms with Crippen LogP contribution in [0.3, 0.4) is 0 Å². The van der Waals surface area contributed by atoms with Gasteiger partial charge < -0.3 is 10.6 Å². The lowest BCUT2D eigenvalue weighted by Gasteiger charge is -2.08. The number of alkyl halides is 3. The molecule has 0 aliphatic carbocycles. The third kappa shape index (κ3) is 5.04. The molecule has 1 heterocycles. The Bertz CT molecular complexity index is 956. The van der Waals surface area contributed by atoms with Gasteiger partial charge in [-0.25, -0.2) is 9.37 Å². The summed E-state index contributed by atoms with van der Waals surface area (Å²) in [4.78, 5) is 15.1. The average molecular weight is 395 g/mol. The molecule has 0 bridgehead atoms. The van der Waals surface area contributed by atoms with Crippen molar-refractivity contribution in [2.75, 3.05) is 10.6 Å². The van der Waals surface area contributed by atoms with E-state index in [4.69, 9.17) is 0 Å². The highest BCUT2D eigenvalue weighted by atomic mass is 32.1. The van der Waals surface area contributed by atoms with Gasteiger partial charge in [0.2, 0.25) is 0 Å². The zero-order valence-corrected chi connectivity index (χ0v) is 14.5. The third-order valence-electron chi connectivity index (χ3n) is 3.50. The first kappa shape index (κ1) is 18.8. The van der Waals surface area contributed by atoms with Crippen LogP contribution >= 0.6 is 11.3 Å². The van der Waals surface area contributed by atoms with Crippen LogP contribution in [0.5, 0.6) is 0 Å². The fourth-order valence-electron chi connectivity index (χ4n) is 2.26. The summed E-state index contributed by atoms with van der Waals surface area (Å²) >= 11 is 0.520. The Labute approximate surface area is 155 Å². The summed E-state index contributed by atoms with van der Waals surface area (Å²) in [5, 5.41) is 5.62. The van der Waals surface area contributed by atoms with Crippen molar-refractivity contribution in [3.8, 4) is 0 Å². The molecular weight excluding hydrogens is 382 g/mol. The van der Waals surface area contributed by atoms with Crippen LogP contribution in [0.1, 0.15) is 20.8 Å². The van der Waals surface area contributed by atoms with Crippen LogP contribution in [0.25, 0.3) is 0 Å². The highest BCUT2D eigenvalue weighted by Crippen LogP contribution is 2.35. The van der Waals surface area contributed by atoms with E-state index in [9.17, 15) is 22.4 Å². The SMILES string of the molecule is O=C(Nc1cccc(CNc2ncc(C(F)(F)F)s2)c1)c1cccc(F)c1. The van der Waals surface area contributed by atoms with Gasteiger partial charge in [-0.1, -0.05) is 29.5 Å². The topological polar surface area (TPSA) is 54.0 Å². The second-order valence-corrected chi connectivity index (χ2v) is 6.58. The van der Waals surface area contributed by atoms with Gasteiger partial charge in [-0.15, -0.1) is 0 Å². The quantitative estimate of drug-likeness (QED) is 0.587. The van der Waals surface area contributed by atoms with Gasteiger partial charge in [0, 0.05) is 17.8 Å². The first-order chi connectivity index (χ1) is 12.8. The van der Waals surface area contributed by atoms with E-state index in [2.05, 4.69) is 15.6 Å². The average Bonchev–Trinajstić information content (AvgIpc) is 3.10. The predicted octanol–water partition coefficient (Wildman–Crippen LogP) is 5.17. The Morgan fingerprint density at radius 3 is 2.59 bits per heavy atom. The Morgan fingerprint density at radius 2 is 1.89 bits per heavy atom. The molecule has 0 radical (unpaired) electrons. The molecule has 27 heavy (non-hydrogen) atoms. The van der Waals surface area contributed by atoms with Crippen molar-refractivity contribution in [3.63, 3.8) is 0 Å². The molecule has 0 aliphatic rings. The van der Waals surface area contributed by atoms with Crippen LogP contribution < -0.4 is 10.6 Å². The van der Waals surface area contributed by atoms with Crippen molar-refractivity contribution in [1.82, 2.24) is 4.98 Å². The maximum Gasteiger partial charge on any atom is 0.427 e. The summed E-state index contributed by atoms with van der Waals surface area (Å²) in [5.74, 6) is -0.975. The zero-order valence-electron chi connectivity index (χ0n) is 13.7. The van der Waals surface area contributed by atoms with E-state index in [1.807, 2.05) is 0 Å². The van der Waals surface area contributed by atoms with Gasteiger partial charge in [0.05, 0.1) is 6.20 Å². The second-order valence-electron chi connectivity index (χ2n) is 5.55. The number of hydrogen-bond acceptors (Lipinski definition) is 4. The van der Waals surface area contributed by atoms with Crippen LogP contribution in [0.4, 0.5) is 28.4 Å². The lowest BCUT2D eigenvalue weighted by Crippen LogP contribution is -2.12. The molecule has 0 saturated heterocycles. The number of thiazole rings is 1. The molecule has 0 saturated carbocycles. The molecule has 0 spiro atoms. The number of anilines is 2. The van der Waals surface area contributed by atoms with Gasteiger partial charge in [0.1, 0.15) is 10.7 Å². The van der Waals surface area contributed by atoms with Crippen LogP contribution in [0.15, 0.2) is 54.7 Å². The monoisotopic (exact) mass is 395 g/mol. The number of nitrogens with one attached hydrogen (secondary N) is 2. The van der Waals surface area contributed by atoms with Crippen molar-refractivity contribution in [3.05, 3.63) is 76.5 Å². The summed E-state index contributed by atoms with van der Waals surface area (Å²) < 4.78 is 51.0. The lowest BCUT2D eigenvalue weighted by atomic mass is 10.1. The minimum atomic E-state index is -4.42. The number of aromatic nitrogens is 1. The number of carbonyl (C=O) groups excluding carboxylic acids is 1. The molecule has 4 nitrogen and oxygen atoms in total. The van der Waals surface area contributed by atoms with Gasteiger partial charge in [0.25, 0.3) is 5.91 Å². The Balaban J connectivity index is 1.63. The normalized spacial score (nSPS) is 11.3. The van der Waals surface area contributed by atoms with Crippen molar-refractivity contribution >= 4 is 28.1 Å². The van der Waals surface area contributed by atoms with E-state index < -0.39 is 22.8 Å². The lowest BCUT2D eigenvalue weighted by molar-refractivity contribution is -0.134. The van der Waals surface area contributed by atoms with Gasteiger partial charge in [-0.05, 0) is 35.9 Å². The number of benzene rings is 2. The second kappa shape index (κ2) is 7.75. The standard InChI is InChI=1S/C18H13F4N3OS/c19-13-5-2-4-12(8-13)16(26)25-14-6-1-3-11(7-14)9-23-17-24-10-15(27-17)18(20,21)22/h1-8,10H,9H2,(H,23,24)(H,25,26). The fraction of sp³-hybridized carbons (Fsp3) is 0.111. The van der Waals surface area contributed by atoms with Crippen molar-refractivity contribution < 1.29 is 22.4 Å². The Morgan fingerprint density at radius 1 is 1.11 bits per heavy atom. The Hall–Kier alpha value is -2.94. The number of halogens is 4. The number of carbonyl (C=O) groups is 1. The minimum absolute atomic E-state index is 0.150. The van der Waals surface area contributed by atoms with Crippen molar-refractivity contribution in [2.45, 2.75) is 12.7 Å². The first-order valence-corrected chi connectivity index (χ1v) is 8.56. The number of nitrogens with zero attached hydrogens (tertiary/aromatic N) is 1. The smallest absolute Gasteiger partial charge is 0.357 e. The van der Waals surface area contributed by atoms with Crippen LogP contribution in [0, 0.1) is 5.82 Å². The molecule has 2 aromatic carbocycles. The summed E-state index contributed by atoms with van der Waals surface area (Å²) in [6, 6.07) is 12.1. The third-order valence-corrected chi connectivity index (χ3v) is 4.50. The molecule has 140 valence electrons. The van der Waals surface area contributed by atoms with Crippen molar-refractivity contribution in [1.29, 1.82) is 0 Å². The summed E-state index contributed by atoms with van der Waals surface area (Å²) in [6.45, 7) is 0.231. The Kier molecular flexibility index (Phi) is 5.41. The molecule has 0 unspecified atom stereocenters. The minimum Gasteiger partial charge on any atom is -0.357 e. The number of hydrogen-bond donors (Lipinski definition) is 2. The van der Waals surface area contributed by atoms with Gasteiger partial charge >= 0.3 is 6.18 Å². The first-order valence-electron chi connectivity index (χ1n) is 7.74. The van der Waals surface area contributed by atoms with Gasteiger partial charge in [-0.3, -0.25) is 4.79 Å². The molecule has 1 aromatic heterocycles. The van der Waals surface area contributed by atoms with Crippen molar-refractivity contribution in [2.24, 2.45) is 0 Å². The molecule has 0 fully saturated rings. The maximum atomic E-state index is 13.2. The van der Waals surface area contributed by atoms with E-state index in [0.717, 1.165) is 17.8 Å². The van der Waals surface area contributed by atoms with Crippen LogP contribution in [0.2, 0.25) is 0 Å². The summed E-state index contributed by atoms with van der Waals surface area (Å²) in [5.41, 5.74) is 1.40. The van der Waals surface area contributed by atoms with Crippen LogP contribution in [-0.4, -0.2) is 10.9 Å². The highest BCUT2D eigenvalue weighted by Gasteiger charge is 2.33. The zero-order chi connectivity index (χ0) is 19.4. The van der Waals surface area contributed by atoms with E-state index in [0.29, 0.717) is 17.0 Å². The highest BCUT2D eigenvalue weighted by molar-refractivity contribution is 7.15. The predicted molar refractivity (Wildman–Crippen MR) is 95.2 cm³/mol. The molecular formula is C18H13F4N3OS. The van der Waals surface area contributed by atoms with E-state index in [1.54, 1.807) is 24.3 Å². The van der Waals surface area contributed by atoms with Gasteiger partial charge in [0.15, 0.2) is 5.13 Å². The summed E-state index contributed by atoms with van der Waals surface area (Å²) in [7, 11) is 0. The van der Waals surface area contributed by atoms with Crippen LogP contribution in [-0.2, 0) is 12.7 Å². The molecule has 3 rings (SSSR count). The molecule has 2 N–H and O–H groups in total. The summed E-state index contributed by atoms with van der Waals surface area (Å²) in [6.07, 6.45) is -3.64. The molecule has 9 heteroatoms.